The molecule has 1 saturated carbocycles. The number of hydrogen-bond acceptors (Lipinski definition) is 6. The number of nitrogens with two attached hydrogens (primary N) is 1. The Morgan fingerprint density at radius 2 is 2.10 bits per heavy atom. The van der Waals surface area contributed by atoms with Gasteiger partial charge < -0.3 is 10.4 Å². The first-order chi connectivity index (χ1) is 13.6. The molecule has 0 aliphatic heterocycles. The van der Waals surface area contributed by atoms with Crippen molar-refractivity contribution < 1.29 is 14.1 Å². The van der Waals surface area contributed by atoms with Crippen LogP contribution in [0.3, 0.4) is 0 Å². The number of aromatic nitrogens is 2. The lowest BCUT2D eigenvalue weighted by molar-refractivity contribution is 0.0741. The summed E-state index contributed by atoms with van der Waals surface area (Å²) in [6.45, 7) is 5.10. The van der Waals surface area contributed by atoms with E-state index in [9.17, 15) is 14.1 Å². The van der Waals surface area contributed by atoms with E-state index in [1.54, 1.807) is 19.2 Å². The third-order valence-corrected chi connectivity index (χ3v) is 7.95. The molecule has 2 amide bonds. The van der Waals surface area contributed by atoms with E-state index in [0.717, 1.165) is 71.6 Å². The molecule has 0 aromatic carbocycles. The number of amides is 2. The van der Waals surface area contributed by atoms with Gasteiger partial charge in [0.1, 0.15) is 5.60 Å². The summed E-state index contributed by atoms with van der Waals surface area (Å²) in [5.74, 6) is 0.461. The fourth-order valence-electron chi connectivity index (χ4n) is 3.59. The van der Waals surface area contributed by atoms with Crippen LogP contribution in [0.4, 0.5) is 10.5 Å². The van der Waals surface area contributed by atoms with Crippen molar-refractivity contribution in [2.75, 3.05) is 5.32 Å². The maximum Gasteiger partial charge on any atom is 0.354 e. The van der Waals surface area contributed by atoms with Crippen molar-refractivity contribution in [1.29, 1.82) is 0 Å². The Kier molecular flexibility index (Phi) is 5.01. The van der Waals surface area contributed by atoms with E-state index >= 15 is 0 Å². The Morgan fingerprint density at radius 1 is 1.38 bits per heavy atom. The zero-order chi connectivity index (χ0) is 21.0. The van der Waals surface area contributed by atoms with Crippen molar-refractivity contribution in [2.45, 2.75) is 68.7 Å². The molecule has 0 unspecified atom stereocenters. The van der Waals surface area contributed by atoms with Crippen LogP contribution in [0.5, 0.6) is 0 Å². The second kappa shape index (κ2) is 7.12. The average molecular weight is 436 g/mol. The third kappa shape index (κ3) is 4.07. The van der Waals surface area contributed by atoms with Crippen LogP contribution in [0, 0.1) is 6.92 Å². The van der Waals surface area contributed by atoms with Gasteiger partial charge in [-0.2, -0.15) is 0 Å². The Balaban J connectivity index is 1.65. The number of urea groups is 1. The monoisotopic (exact) mass is 435 g/mol. The molecule has 2 heterocycles. The van der Waals surface area contributed by atoms with Gasteiger partial charge in [0.25, 0.3) is 0 Å². The molecular formula is C19H25N5O3S2. The van der Waals surface area contributed by atoms with Crippen LogP contribution in [0.15, 0.2) is 14.1 Å². The summed E-state index contributed by atoms with van der Waals surface area (Å²) in [4.78, 5) is 21.6. The first kappa shape index (κ1) is 20.4. The molecule has 1 fully saturated rings. The lowest BCUT2D eigenvalue weighted by Gasteiger charge is -2.16. The van der Waals surface area contributed by atoms with Gasteiger partial charge in [0.05, 0.1) is 11.4 Å². The Morgan fingerprint density at radius 3 is 2.72 bits per heavy atom. The quantitative estimate of drug-likeness (QED) is 0.678. The highest BCUT2D eigenvalue weighted by molar-refractivity contribution is 7.93. The van der Waals surface area contributed by atoms with Crippen LogP contribution >= 0.6 is 11.3 Å². The SMILES string of the molecule is Cc1c(C2CC2)nc2c(c1NC(=O)N=[S@](N)(=O)c1nc(C(C)(C)O)cs1)CCC2. The number of anilines is 1. The zero-order valence-electron chi connectivity index (χ0n) is 16.7. The molecule has 1 atom stereocenters. The second-order valence-electron chi connectivity index (χ2n) is 8.20. The molecular weight excluding hydrogens is 410 g/mol. The van der Waals surface area contributed by atoms with Crippen LogP contribution in [-0.2, 0) is 28.4 Å². The number of aliphatic hydroxyl groups is 1. The van der Waals surface area contributed by atoms with E-state index in [1.165, 1.54) is 0 Å². The van der Waals surface area contributed by atoms with Gasteiger partial charge in [0.15, 0.2) is 9.92 Å². The molecule has 0 radical (unpaired) electrons. The molecule has 0 spiro atoms. The standard InChI is InChI=1S/C19H25N5O3S2/c1-10-15(11-7-8-11)21-13-6-4-5-12(13)16(10)23-17(25)24-29(20,27)18-22-14(9-28-18)19(2,3)26/h9,11,26H,4-8H2,1-3H3,(H3,20,21,23,24,25,27)/t29-/m0/s1. The number of hydrogen-bond donors (Lipinski definition) is 3. The number of nitrogens with one attached hydrogen (secondary N) is 1. The van der Waals surface area contributed by atoms with E-state index in [4.69, 9.17) is 10.1 Å². The maximum atomic E-state index is 12.8. The Labute approximate surface area is 174 Å². The van der Waals surface area contributed by atoms with Crippen LogP contribution in [-0.4, -0.2) is 25.3 Å². The van der Waals surface area contributed by atoms with Gasteiger partial charge >= 0.3 is 6.03 Å². The molecule has 2 aliphatic carbocycles. The van der Waals surface area contributed by atoms with Crippen molar-refractivity contribution in [1.82, 2.24) is 9.97 Å². The highest BCUT2D eigenvalue weighted by Crippen LogP contribution is 2.44. The minimum Gasteiger partial charge on any atom is -0.384 e. The highest BCUT2D eigenvalue weighted by Gasteiger charge is 2.31. The van der Waals surface area contributed by atoms with Gasteiger partial charge in [-0.3, -0.25) is 4.98 Å². The predicted molar refractivity (Wildman–Crippen MR) is 112 cm³/mol. The summed E-state index contributed by atoms with van der Waals surface area (Å²) >= 11 is 1.01. The maximum absolute atomic E-state index is 12.8. The Bertz CT molecular complexity index is 1110. The molecule has 2 aromatic rings. The van der Waals surface area contributed by atoms with Crippen molar-refractivity contribution in [3.05, 3.63) is 33.6 Å². The predicted octanol–water partition coefficient (Wildman–Crippen LogP) is 3.37. The molecule has 2 aromatic heterocycles. The fraction of sp³-hybridized carbons (Fsp3) is 0.526. The molecule has 4 N–H and O–H groups in total. The summed E-state index contributed by atoms with van der Waals surface area (Å²) in [6, 6.07) is -0.761. The number of nitrogens with zero attached hydrogens (tertiary/aromatic N) is 3. The molecule has 10 heteroatoms. The van der Waals surface area contributed by atoms with Gasteiger partial charge in [-0.1, -0.05) is 0 Å². The highest BCUT2D eigenvalue weighted by atomic mass is 32.2. The largest absolute Gasteiger partial charge is 0.384 e. The van der Waals surface area contributed by atoms with Crippen LogP contribution < -0.4 is 10.5 Å². The third-order valence-electron chi connectivity index (χ3n) is 5.28. The van der Waals surface area contributed by atoms with E-state index in [-0.39, 0.29) is 4.34 Å². The molecule has 29 heavy (non-hydrogen) atoms. The van der Waals surface area contributed by atoms with Gasteiger partial charge in [-0.25, -0.2) is 19.1 Å². The minimum atomic E-state index is -3.52. The summed E-state index contributed by atoms with van der Waals surface area (Å²) < 4.78 is 16.6. The molecule has 156 valence electrons. The number of carbonyl (C=O) groups excluding carboxylic acids is 1. The molecule has 0 saturated heterocycles. The fourth-order valence-corrected chi connectivity index (χ4v) is 5.70. The van der Waals surface area contributed by atoms with Crippen molar-refractivity contribution in [3.8, 4) is 0 Å². The van der Waals surface area contributed by atoms with Gasteiger partial charge in [0, 0.05) is 22.7 Å². The number of thiazole rings is 1. The van der Waals surface area contributed by atoms with E-state index in [1.807, 2.05) is 6.92 Å². The minimum absolute atomic E-state index is 0.0140. The normalized spacial score (nSPS) is 18.2. The first-order valence-corrected chi connectivity index (χ1v) is 12.1. The lowest BCUT2D eigenvalue weighted by Crippen LogP contribution is -2.20. The topological polar surface area (TPSA) is 131 Å². The zero-order valence-corrected chi connectivity index (χ0v) is 18.3. The smallest absolute Gasteiger partial charge is 0.354 e. The number of pyridine rings is 1. The first-order valence-electron chi connectivity index (χ1n) is 9.63. The molecule has 2 aliphatic rings. The number of carbonyl (C=O) groups is 1. The van der Waals surface area contributed by atoms with Crippen molar-refractivity contribution in [2.24, 2.45) is 9.50 Å². The van der Waals surface area contributed by atoms with E-state index < -0.39 is 21.5 Å². The summed E-state index contributed by atoms with van der Waals surface area (Å²) in [5.41, 5.74) is 3.95. The van der Waals surface area contributed by atoms with Crippen LogP contribution in [0.1, 0.15) is 67.2 Å². The second-order valence-corrected chi connectivity index (χ2v) is 11.0. The summed E-state index contributed by atoms with van der Waals surface area (Å²) in [5, 5.41) is 20.3. The van der Waals surface area contributed by atoms with Gasteiger partial charge in [0.2, 0.25) is 4.34 Å². The van der Waals surface area contributed by atoms with E-state index in [0.29, 0.717) is 11.6 Å². The van der Waals surface area contributed by atoms with E-state index in [2.05, 4.69) is 14.7 Å². The molecule has 0 bridgehead atoms. The Hall–Kier alpha value is -1.88. The number of rotatable bonds is 4. The average Bonchev–Trinajstić information content (AvgIpc) is 3.13. The summed E-state index contributed by atoms with van der Waals surface area (Å²) in [6.07, 6.45) is 5.00. The number of fused-ring (bicyclic) bond motifs is 1. The van der Waals surface area contributed by atoms with Crippen LogP contribution in [0.25, 0.3) is 0 Å². The van der Waals surface area contributed by atoms with Crippen molar-refractivity contribution >= 4 is 33.0 Å². The van der Waals surface area contributed by atoms with Gasteiger partial charge in [-0.15, -0.1) is 15.7 Å². The number of aryl methyl sites for hydroxylation is 1. The van der Waals surface area contributed by atoms with Gasteiger partial charge in [-0.05, 0) is 64.0 Å². The van der Waals surface area contributed by atoms with Crippen LogP contribution in [0.2, 0.25) is 0 Å². The molecule has 8 nitrogen and oxygen atoms in total. The lowest BCUT2D eigenvalue weighted by atomic mass is 10.0. The van der Waals surface area contributed by atoms with Crippen molar-refractivity contribution in [3.63, 3.8) is 0 Å². The molecule has 4 rings (SSSR count). The summed E-state index contributed by atoms with van der Waals surface area (Å²) in [7, 11) is -3.52.